The van der Waals surface area contributed by atoms with E-state index in [2.05, 4.69) is 14.9 Å². The van der Waals surface area contributed by atoms with Crippen LogP contribution in [0.3, 0.4) is 0 Å². The minimum atomic E-state index is -4.50. The Morgan fingerprint density at radius 3 is 2.75 bits per heavy atom. The molecular formula is C13H11F3N4. The van der Waals surface area contributed by atoms with Crippen molar-refractivity contribution < 1.29 is 13.2 Å². The Labute approximate surface area is 113 Å². The summed E-state index contributed by atoms with van der Waals surface area (Å²) in [6.07, 6.45) is -2.43. The van der Waals surface area contributed by atoms with Crippen LogP contribution in [0.1, 0.15) is 43.3 Å². The van der Waals surface area contributed by atoms with Crippen LogP contribution in [0.2, 0.25) is 0 Å². The van der Waals surface area contributed by atoms with E-state index in [1.54, 1.807) is 0 Å². The third-order valence-electron chi connectivity index (χ3n) is 3.66. The summed E-state index contributed by atoms with van der Waals surface area (Å²) in [6.45, 7) is 11.0. The maximum atomic E-state index is 12.8. The zero-order valence-electron chi connectivity index (χ0n) is 10.9. The molecule has 20 heavy (non-hydrogen) atoms. The molecule has 0 radical (unpaired) electrons. The van der Waals surface area contributed by atoms with Crippen LogP contribution >= 0.6 is 0 Å². The standard InChI is InChI=1S/C13H11F3N4/c1-12(2)5-8(17-3)7-6-18-10-4-9(13(14,15)16)19-20(10)11(7)12/h4,6,8H,5H2,1-2H3. The highest BCUT2D eigenvalue weighted by Crippen LogP contribution is 2.46. The van der Waals surface area contributed by atoms with Gasteiger partial charge in [0.15, 0.2) is 11.3 Å². The molecule has 0 fully saturated rings. The largest absolute Gasteiger partial charge is 0.435 e. The molecule has 1 atom stereocenters. The van der Waals surface area contributed by atoms with E-state index in [1.807, 2.05) is 13.8 Å². The molecule has 2 heterocycles. The summed E-state index contributed by atoms with van der Waals surface area (Å²) in [4.78, 5) is 7.54. The lowest BCUT2D eigenvalue weighted by atomic mass is 9.90. The van der Waals surface area contributed by atoms with Crippen molar-refractivity contribution in [3.63, 3.8) is 0 Å². The Balaban J connectivity index is 2.32. The zero-order chi connectivity index (χ0) is 14.7. The maximum Gasteiger partial charge on any atom is 0.435 e. The van der Waals surface area contributed by atoms with Crippen molar-refractivity contribution in [3.8, 4) is 0 Å². The minimum Gasteiger partial charge on any atom is -0.308 e. The van der Waals surface area contributed by atoms with Gasteiger partial charge in [0.25, 0.3) is 6.04 Å². The van der Waals surface area contributed by atoms with E-state index in [1.165, 1.54) is 10.7 Å². The van der Waals surface area contributed by atoms with Crippen molar-refractivity contribution in [1.82, 2.24) is 14.6 Å². The molecule has 2 aromatic rings. The fourth-order valence-corrected chi connectivity index (χ4v) is 2.81. The van der Waals surface area contributed by atoms with E-state index in [0.717, 1.165) is 6.07 Å². The molecule has 0 bridgehead atoms. The van der Waals surface area contributed by atoms with Crippen molar-refractivity contribution >= 4 is 5.65 Å². The second-order valence-electron chi connectivity index (χ2n) is 5.59. The highest BCUT2D eigenvalue weighted by molar-refractivity contribution is 5.48. The number of nitrogens with zero attached hydrogens (tertiary/aromatic N) is 4. The van der Waals surface area contributed by atoms with Crippen LogP contribution in [0.15, 0.2) is 12.3 Å². The van der Waals surface area contributed by atoms with Gasteiger partial charge in [-0.1, -0.05) is 13.8 Å². The van der Waals surface area contributed by atoms with Crippen LogP contribution in [0, 0.1) is 6.57 Å². The predicted octanol–water partition coefficient (Wildman–Crippen LogP) is 3.39. The average molecular weight is 280 g/mol. The Bertz CT molecular complexity index is 736. The number of fused-ring (bicyclic) bond motifs is 3. The molecule has 3 rings (SSSR count). The Hall–Kier alpha value is -2.10. The zero-order valence-corrected chi connectivity index (χ0v) is 10.9. The smallest absolute Gasteiger partial charge is 0.308 e. The van der Waals surface area contributed by atoms with Gasteiger partial charge in [0.2, 0.25) is 0 Å². The molecular weight excluding hydrogens is 269 g/mol. The number of aromatic nitrogens is 3. The summed E-state index contributed by atoms with van der Waals surface area (Å²) in [5.74, 6) is 0. The Kier molecular flexibility index (Phi) is 2.40. The number of halogens is 3. The van der Waals surface area contributed by atoms with Gasteiger partial charge in [-0.25, -0.2) is 16.1 Å². The molecule has 0 aromatic carbocycles. The summed E-state index contributed by atoms with van der Waals surface area (Å²) < 4.78 is 39.5. The quantitative estimate of drug-likeness (QED) is 0.693. The molecule has 4 nitrogen and oxygen atoms in total. The van der Waals surface area contributed by atoms with E-state index >= 15 is 0 Å². The third-order valence-corrected chi connectivity index (χ3v) is 3.66. The normalized spacial score (nSPS) is 20.9. The maximum absolute atomic E-state index is 12.8. The predicted molar refractivity (Wildman–Crippen MR) is 65.0 cm³/mol. The summed E-state index contributed by atoms with van der Waals surface area (Å²) in [5, 5.41) is 3.65. The van der Waals surface area contributed by atoms with E-state index in [4.69, 9.17) is 6.57 Å². The molecule has 0 saturated heterocycles. The molecule has 0 saturated carbocycles. The van der Waals surface area contributed by atoms with Crippen LogP contribution in [0.5, 0.6) is 0 Å². The van der Waals surface area contributed by atoms with Gasteiger partial charge in [-0.3, -0.25) is 0 Å². The van der Waals surface area contributed by atoms with E-state index in [-0.39, 0.29) is 11.7 Å². The number of alkyl halides is 3. The van der Waals surface area contributed by atoms with Crippen LogP contribution in [-0.2, 0) is 11.6 Å². The molecule has 1 aliphatic carbocycles. The molecule has 104 valence electrons. The van der Waals surface area contributed by atoms with Crippen LogP contribution < -0.4 is 0 Å². The van der Waals surface area contributed by atoms with Crippen molar-refractivity contribution in [2.45, 2.75) is 37.9 Å². The van der Waals surface area contributed by atoms with Crippen molar-refractivity contribution in [1.29, 1.82) is 0 Å². The second-order valence-corrected chi connectivity index (χ2v) is 5.59. The van der Waals surface area contributed by atoms with E-state index in [9.17, 15) is 13.2 Å². The number of rotatable bonds is 0. The fraction of sp³-hybridized carbons (Fsp3) is 0.462. The van der Waals surface area contributed by atoms with Crippen LogP contribution in [0.4, 0.5) is 13.2 Å². The monoisotopic (exact) mass is 280 g/mol. The van der Waals surface area contributed by atoms with Gasteiger partial charge >= 0.3 is 6.18 Å². The summed E-state index contributed by atoms with van der Waals surface area (Å²) in [6, 6.07) is 0.567. The van der Waals surface area contributed by atoms with Gasteiger partial charge in [0.1, 0.15) is 0 Å². The van der Waals surface area contributed by atoms with Gasteiger partial charge in [-0.2, -0.15) is 18.3 Å². The number of hydrogen-bond acceptors (Lipinski definition) is 2. The molecule has 0 spiro atoms. The van der Waals surface area contributed by atoms with Crippen LogP contribution in [-0.4, -0.2) is 14.6 Å². The van der Waals surface area contributed by atoms with E-state index < -0.39 is 17.3 Å². The van der Waals surface area contributed by atoms with Gasteiger partial charge in [-0.05, 0) is 0 Å². The van der Waals surface area contributed by atoms with Crippen molar-refractivity contribution in [2.24, 2.45) is 0 Å². The van der Waals surface area contributed by atoms with Crippen molar-refractivity contribution in [2.75, 3.05) is 0 Å². The van der Waals surface area contributed by atoms with E-state index in [0.29, 0.717) is 17.7 Å². The second kappa shape index (κ2) is 3.72. The lowest BCUT2D eigenvalue weighted by Gasteiger charge is -2.17. The van der Waals surface area contributed by atoms with Gasteiger partial charge in [0, 0.05) is 24.1 Å². The SMILES string of the molecule is [C-]#[N+]C1CC(C)(C)c2c1cnc1cc(C(F)(F)F)nn21. The molecule has 2 aromatic heterocycles. The van der Waals surface area contributed by atoms with Gasteiger partial charge < -0.3 is 4.85 Å². The molecule has 0 amide bonds. The lowest BCUT2D eigenvalue weighted by Crippen LogP contribution is -2.18. The van der Waals surface area contributed by atoms with Crippen LogP contribution in [0.25, 0.3) is 10.5 Å². The first kappa shape index (κ1) is 12.9. The lowest BCUT2D eigenvalue weighted by molar-refractivity contribution is -0.141. The van der Waals surface area contributed by atoms with Gasteiger partial charge in [-0.15, -0.1) is 0 Å². The van der Waals surface area contributed by atoms with Crippen molar-refractivity contribution in [3.05, 3.63) is 40.6 Å². The Morgan fingerprint density at radius 1 is 1.45 bits per heavy atom. The first-order valence-corrected chi connectivity index (χ1v) is 6.07. The highest BCUT2D eigenvalue weighted by Gasteiger charge is 2.44. The first-order chi connectivity index (χ1) is 9.24. The molecule has 0 aliphatic heterocycles. The average Bonchev–Trinajstić information content (AvgIpc) is 2.87. The fourth-order valence-electron chi connectivity index (χ4n) is 2.81. The highest BCUT2D eigenvalue weighted by atomic mass is 19.4. The summed E-state index contributed by atoms with van der Waals surface area (Å²) in [5.41, 5.74) is 0.129. The molecule has 1 unspecified atom stereocenters. The molecule has 0 N–H and O–H groups in total. The molecule has 1 aliphatic rings. The topological polar surface area (TPSA) is 34.5 Å². The van der Waals surface area contributed by atoms with Gasteiger partial charge in [0.05, 0.1) is 11.3 Å². The first-order valence-electron chi connectivity index (χ1n) is 6.07. The number of hydrogen-bond donors (Lipinski definition) is 0. The summed E-state index contributed by atoms with van der Waals surface area (Å²) in [7, 11) is 0. The third kappa shape index (κ3) is 1.68. The Morgan fingerprint density at radius 2 is 2.15 bits per heavy atom. The minimum absolute atomic E-state index is 0.162. The summed E-state index contributed by atoms with van der Waals surface area (Å²) >= 11 is 0. The molecule has 7 heteroatoms.